The second-order valence-electron chi connectivity index (χ2n) is 4.63. The molecular weight excluding hydrogens is 274 g/mol. The lowest BCUT2D eigenvalue weighted by Crippen LogP contribution is -2.21. The Balaban J connectivity index is 1.69. The van der Waals surface area contributed by atoms with Crippen LogP contribution in [0.15, 0.2) is 45.0 Å². The number of thiophene rings is 1. The zero-order chi connectivity index (χ0) is 13.9. The van der Waals surface area contributed by atoms with E-state index in [2.05, 4.69) is 46.5 Å². The molecule has 5 nitrogen and oxygen atoms in total. The molecule has 0 saturated carbocycles. The molecule has 0 aliphatic rings. The fraction of sp³-hybridized carbons (Fsp3) is 0.286. The molecule has 104 valence electrons. The van der Waals surface area contributed by atoms with Crippen LogP contribution >= 0.6 is 11.3 Å². The summed E-state index contributed by atoms with van der Waals surface area (Å²) in [5.41, 5.74) is 0.803. The van der Waals surface area contributed by atoms with Crippen LogP contribution in [-0.2, 0) is 6.54 Å². The van der Waals surface area contributed by atoms with Crippen LogP contribution in [0.1, 0.15) is 23.7 Å². The number of aromatic nitrogens is 2. The largest absolute Gasteiger partial charge is 0.472 e. The first-order valence-electron chi connectivity index (χ1n) is 6.33. The van der Waals surface area contributed by atoms with Crippen LogP contribution in [0.2, 0.25) is 0 Å². The second kappa shape index (κ2) is 5.60. The molecule has 0 amide bonds. The van der Waals surface area contributed by atoms with E-state index in [9.17, 15) is 0 Å². The second-order valence-corrected chi connectivity index (χ2v) is 5.61. The number of hydrogen-bond acceptors (Lipinski definition) is 6. The maximum Gasteiger partial charge on any atom is 0.261 e. The van der Waals surface area contributed by atoms with E-state index in [0.717, 1.165) is 5.56 Å². The fourth-order valence-corrected chi connectivity index (χ4v) is 2.78. The highest BCUT2D eigenvalue weighted by Gasteiger charge is 2.16. The third-order valence-electron chi connectivity index (χ3n) is 3.24. The topological polar surface area (TPSA) is 55.3 Å². The van der Waals surface area contributed by atoms with E-state index in [1.165, 1.54) is 4.88 Å². The predicted octanol–water partition coefficient (Wildman–Crippen LogP) is 3.58. The zero-order valence-corrected chi connectivity index (χ0v) is 12.1. The van der Waals surface area contributed by atoms with Crippen molar-refractivity contribution in [2.75, 3.05) is 7.05 Å². The maximum absolute atomic E-state index is 5.24. The quantitative estimate of drug-likeness (QED) is 0.718. The lowest BCUT2D eigenvalue weighted by atomic mass is 10.2. The Bertz CT molecular complexity index is 646. The van der Waals surface area contributed by atoms with E-state index in [4.69, 9.17) is 8.94 Å². The molecule has 6 heteroatoms. The highest BCUT2D eigenvalue weighted by Crippen LogP contribution is 2.25. The van der Waals surface area contributed by atoms with Gasteiger partial charge in [0.2, 0.25) is 0 Å². The minimum absolute atomic E-state index is 0.325. The van der Waals surface area contributed by atoms with Crippen molar-refractivity contribution in [3.63, 3.8) is 0 Å². The maximum atomic E-state index is 5.24. The van der Waals surface area contributed by atoms with Crippen molar-refractivity contribution in [1.29, 1.82) is 0 Å². The number of hydrogen-bond donors (Lipinski definition) is 0. The first kappa shape index (κ1) is 13.1. The molecule has 0 aliphatic carbocycles. The van der Waals surface area contributed by atoms with E-state index in [-0.39, 0.29) is 0 Å². The minimum atomic E-state index is 0.325. The summed E-state index contributed by atoms with van der Waals surface area (Å²) in [6, 6.07) is 6.33. The standard InChI is InChI=1S/C14H15N3O2S/c1-10(12-4-3-7-20-12)17(2)8-13-15-14(19-16-13)11-5-6-18-9-11/h3-7,9-10H,8H2,1-2H3/t10-/m1/s1. The summed E-state index contributed by atoms with van der Waals surface area (Å²) in [4.78, 5) is 7.90. The van der Waals surface area contributed by atoms with Gasteiger partial charge in [0, 0.05) is 10.9 Å². The van der Waals surface area contributed by atoms with Gasteiger partial charge in [0.05, 0.1) is 18.4 Å². The highest BCUT2D eigenvalue weighted by molar-refractivity contribution is 7.10. The minimum Gasteiger partial charge on any atom is -0.472 e. The van der Waals surface area contributed by atoms with Crippen LogP contribution < -0.4 is 0 Å². The molecule has 0 unspecified atom stereocenters. The third-order valence-corrected chi connectivity index (χ3v) is 4.29. The molecule has 3 heterocycles. The number of nitrogens with zero attached hydrogens (tertiary/aromatic N) is 3. The summed E-state index contributed by atoms with van der Waals surface area (Å²) in [5.74, 6) is 1.16. The summed E-state index contributed by atoms with van der Waals surface area (Å²) in [6.07, 6.45) is 3.18. The number of rotatable bonds is 5. The molecule has 0 radical (unpaired) electrons. The van der Waals surface area contributed by atoms with E-state index >= 15 is 0 Å². The molecule has 0 N–H and O–H groups in total. The van der Waals surface area contributed by atoms with Crippen molar-refractivity contribution in [3.8, 4) is 11.5 Å². The number of furan rings is 1. The van der Waals surface area contributed by atoms with Gasteiger partial charge in [0.1, 0.15) is 6.26 Å². The van der Waals surface area contributed by atoms with Crippen LogP contribution in [0.4, 0.5) is 0 Å². The Morgan fingerprint density at radius 2 is 2.30 bits per heavy atom. The lowest BCUT2D eigenvalue weighted by molar-refractivity contribution is 0.246. The van der Waals surface area contributed by atoms with Gasteiger partial charge in [-0.3, -0.25) is 4.90 Å². The summed E-state index contributed by atoms with van der Waals surface area (Å²) in [7, 11) is 2.05. The smallest absolute Gasteiger partial charge is 0.261 e. The van der Waals surface area contributed by atoms with Crippen LogP contribution in [0.25, 0.3) is 11.5 Å². The fourth-order valence-electron chi connectivity index (χ4n) is 1.93. The summed E-state index contributed by atoms with van der Waals surface area (Å²) < 4.78 is 10.2. The highest BCUT2D eigenvalue weighted by atomic mass is 32.1. The third kappa shape index (κ3) is 2.66. The molecule has 0 bridgehead atoms. The Morgan fingerprint density at radius 3 is 3.00 bits per heavy atom. The first-order chi connectivity index (χ1) is 9.74. The van der Waals surface area contributed by atoms with Crippen LogP contribution in [0, 0.1) is 0 Å². The van der Waals surface area contributed by atoms with E-state index < -0.39 is 0 Å². The van der Waals surface area contributed by atoms with E-state index in [1.54, 1.807) is 29.9 Å². The monoisotopic (exact) mass is 289 g/mol. The molecule has 3 aromatic heterocycles. The Hall–Kier alpha value is -1.92. The molecule has 0 aliphatic heterocycles. The average Bonchev–Trinajstić information content (AvgIpc) is 3.19. The van der Waals surface area contributed by atoms with Gasteiger partial charge in [-0.2, -0.15) is 4.98 Å². The van der Waals surface area contributed by atoms with Gasteiger partial charge in [0.15, 0.2) is 5.82 Å². The Kier molecular flexibility index (Phi) is 3.66. The molecule has 1 atom stereocenters. The average molecular weight is 289 g/mol. The van der Waals surface area contributed by atoms with E-state index in [1.807, 2.05) is 0 Å². The van der Waals surface area contributed by atoms with Gasteiger partial charge in [-0.05, 0) is 31.5 Å². The summed E-state index contributed by atoms with van der Waals surface area (Å²) in [6.45, 7) is 2.81. The molecule has 3 aromatic rings. The lowest BCUT2D eigenvalue weighted by Gasteiger charge is -2.21. The Labute approximate surface area is 120 Å². The molecule has 0 spiro atoms. The van der Waals surface area contributed by atoms with Gasteiger partial charge in [-0.15, -0.1) is 11.3 Å². The van der Waals surface area contributed by atoms with Gasteiger partial charge < -0.3 is 8.94 Å². The van der Waals surface area contributed by atoms with Gasteiger partial charge in [-0.25, -0.2) is 0 Å². The molecular formula is C14H15N3O2S. The molecule has 0 fully saturated rings. The van der Waals surface area contributed by atoms with Gasteiger partial charge in [0.25, 0.3) is 5.89 Å². The first-order valence-corrected chi connectivity index (χ1v) is 7.21. The molecule has 0 saturated heterocycles. The summed E-state index contributed by atoms with van der Waals surface area (Å²) >= 11 is 1.75. The van der Waals surface area contributed by atoms with Crippen LogP contribution in [0.3, 0.4) is 0 Å². The van der Waals surface area contributed by atoms with Crippen LogP contribution in [0.5, 0.6) is 0 Å². The molecule has 20 heavy (non-hydrogen) atoms. The zero-order valence-electron chi connectivity index (χ0n) is 11.3. The molecule has 0 aromatic carbocycles. The van der Waals surface area contributed by atoms with Crippen molar-refractivity contribution >= 4 is 11.3 Å². The van der Waals surface area contributed by atoms with Crippen molar-refractivity contribution < 1.29 is 8.94 Å². The van der Waals surface area contributed by atoms with Crippen LogP contribution in [-0.4, -0.2) is 22.1 Å². The van der Waals surface area contributed by atoms with E-state index in [0.29, 0.717) is 24.3 Å². The summed E-state index contributed by atoms with van der Waals surface area (Å²) in [5, 5.41) is 6.10. The normalized spacial score (nSPS) is 12.9. The van der Waals surface area contributed by atoms with Gasteiger partial charge in [-0.1, -0.05) is 11.2 Å². The van der Waals surface area contributed by atoms with Crippen molar-refractivity contribution in [2.45, 2.75) is 19.5 Å². The van der Waals surface area contributed by atoms with Gasteiger partial charge >= 0.3 is 0 Å². The van der Waals surface area contributed by atoms with Crippen molar-refractivity contribution in [2.24, 2.45) is 0 Å². The molecule has 3 rings (SSSR count). The van der Waals surface area contributed by atoms with Crippen molar-refractivity contribution in [1.82, 2.24) is 15.0 Å². The predicted molar refractivity (Wildman–Crippen MR) is 76.2 cm³/mol. The SMILES string of the molecule is C[C@H](c1cccs1)N(C)Cc1noc(-c2ccoc2)n1. The Morgan fingerprint density at radius 1 is 1.40 bits per heavy atom. The van der Waals surface area contributed by atoms with Crippen molar-refractivity contribution in [3.05, 3.63) is 46.8 Å².